The second kappa shape index (κ2) is 4.85. The zero-order chi connectivity index (χ0) is 12.4. The van der Waals surface area contributed by atoms with E-state index in [9.17, 15) is 4.79 Å². The molecule has 90 valence electrons. The molecule has 0 unspecified atom stereocenters. The molecule has 2 heterocycles. The van der Waals surface area contributed by atoms with Crippen LogP contribution in [-0.4, -0.2) is 20.7 Å². The number of nitrogens with one attached hydrogen (secondary N) is 1. The third-order valence-corrected chi connectivity index (χ3v) is 3.25. The Morgan fingerprint density at radius 1 is 1.65 bits per heavy atom. The Kier molecular flexibility index (Phi) is 3.44. The summed E-state index contributed by atoms with van der Waals surface area (Å²) in [6.07, 6.45) is 1.68. The first-order valence-electron chi connectivity index (χ1n) is 4.92. The maximum absolute atomic E-state index is 11.9. The minimum Gasteiger partial charge on any atom is -0.298 e. The monoisotopic (exact) mass is 270 g/mol. The van der Waals surface area contributed by atoms with E-state index in [1.807, 2.05) is 5.38 Å². The fraction of sp³-hybridized carbons (Fsp3) is 0.300. The van der Waals surface area contributed by atoms with Crippen molar-refractivity contribution in [2.45, 2.75) is 12.8 Å². The molecule has 1 amide bonds. The van der Waals surface area contributed by atoms with Crippen molar-refractivity contribution >= 4 is 34.0 Å². The van der Waals surface area contributed by atoms with Crippen LogP contribution in [0.1, 0.15) is 21.7 Å². The van der Waals surface area contributed by atoms with Crippen molar-refractivity contribution in [2.24, 2.45) is 7.05 Å². The SMILES string of the molecule is Cc1nn(C)cc1C(=O)Nc1nc(CCl)cs1. The van der Waals surface area contributed by atoms with Gasteiger partial charge in [-0.05, 0) is 6.92 Å². The van der Waals surface area contributed by atoms with Crippen molar-refractivity contribution in [3.05, 3.63) is 28.5 Å². The predicted molar refractivity (Wildman–Crippen MR) is 67.6 cm³/mol. The number of aryl methyl sites for hydroxylation is 2. The molecule has 2 rings (SSSR count). The van der Waals surface area contributed by atoms with Crippen LogP contribution in [0.15, 0.2) is 11.6 Å². The molecule has 0 bridgehead atoms. The summed E-state index contributed by atoms with van der Waals surface area (Å²) < 4.78 is 1.61. The summed E-state index contributed by atoms with van der Waals surface area (Å²) in [6.45, 7) is 1.79. The highest BCUT2D eigenvalue weighted by molar-refractivity contribution is 7.14. The van der Waals surface area contributed by atoms with Gasteiger partial charge in [-0.1, -0.05) is 0 Å². The summed E-state index contributed by atoms with van der Waals surface area (Å²) in [5.41, 5.74) is 2.00. The zero-order valence-electron chi connectivity index (χ0n) is 9.40. The van der Waals surface area contributed by atoms with Crippen molar-refractivity contribution in [3.63, 3.8) is 0 Å². The number of anilines is 1. The van der Waals surface area contributed by atoms with Crippen molar-refractivity contribution in [1.82, 2.24) is 14.8 Å². The number of thiazole rings is 1. The summed E-state index contributed by atoms with van der Waals surface area (Å²) in [6, 6.07) is 0. The smallest absolute Gasteiger partial charge is 0.260 e. The Labute approximate surface area is 107 Å². The number of rotatable bonds is 3. The van der Waals surface area contributed by atoms with Crippen LogP contribution in [0, 0.1) is 6.92 Å². The molecule has 2 aromatic rings. The summed E-state index contributed by atoms with van der Waals surface area (Å²) in [5, 5.41) is 9.20. The molecule has 0 aromatic carbocycles. The highest BCUT2D eigenvalue weighted by atomic mass is 35.5. The standard InChI is InChI=1S/C10H11ClN4OS/c1-6-8(4-15(2)14-6)9(16)13-10-12-7(3-11)5-17-10/h4-5H,3H2,1-2H3,(H,12,13,16). The normalized spacial score (nSPS) is 10.5. The average molecular weight is 271 g/mol. The molecule has 2 aromatic heterocycles. The molecule has 0 radical (unpaired) electrons. The summed E-state index contributed by atoms with van der Waals surface area (Å²) >= 11 is 7.00. The molecular formula is C10H11ClN4OS. The van der Waals surface area contributed by atoms with E-state index < -0.39 is 0 Å². The fourth-order valence-corrected chi connectivity index (χ4v) is 2.35. The number of nitrogens with zero attached hydrogens (tertiary/aromatic N) is 3. The van der Waals surface area contributed by atoms with Gasteiger partial charge in [-0.3, -0.25) is 14.8 Å². The lowest BCUT2D eigenvalue weighted by atomic mass is 10.2. The molecule has 0 atom stereocenters. The molecule has 0 aliphatic rings. The second-order valence-electron chi connectivity index (χ2n) is 3.53. The number of carbonyl (C=O) groups is 1. The Balaban J connectivity index is 2.14. The molecule has 17 heavy (non-hydrogen) atoms. The second-order valence-corrected chi connectivity index (χ2v) is 4.66. The third-order valence-electron chi connectivity index (χ3n) is 2.17. The van der Waals surface area contributed by atoms with Gasteiger partial charge >= 0.3 is 0 Å². The number of amides is 1. The molecule has 1 N–H and O–H groups in total. The topological polar surface area (TPSA) is 59.8 Å². The number of alkyl halides is 1. The van der Waals surface area contributed by atoms with E-state index >= 15 is 0 Å². The molecule has 0 spiro atoms. The lowest BCUT2D eigenvalue weighted by Crippen LogP contribution is -2.12. The third kappa shape index (κ3) is 2.65. The minimum absolute atomic E-state index is 0.203. The van der Waals surface area contributed by atoms with Gasteiger partial charge in [0, 0.05) is 18.6 Å². The van der Waals surface area contributed by atoms with E-state index in [4.69, 9.17) is 11.6 Å². The Morgan fingerprint density at radius 2 is 2.41 bits per heavy atom. The van der Waals surface area contributed by atoms with Crippen molar-refractivity contribution in [1.29, 1.82) is 0 Å². The van der Waals surface area contributed by atoms with Gasteiger partial charge in [0.2, 0.25) is 0 Å². The minimum atomic E-state index is -0.203. The van der Waals surface area contributed by atoms with Gasteiger partial charge in [0.1, 0.15) is 0 Å². The van der Waals surface area contributed by atoms with Crippen LogP contribution >= 0.6 is 22.9 Å². The number of aromatic nitrogens is 3. The van der Waals surface area contributed by atoms with Gasteiger partial charge in [-0.25, -0.2) is 4.98 Å². The Hall–Kier alpha value is -1.40. The van der Waals surface area contributed by atoms with Gasteiger partial charge in [-0.15, -0.1) is 22.9 Å². The van der Waals surface area contributed by atoms with Gasteiger partial charge in [0.15, 0.2) is 5.13 Å². The zero-order valence-corrected chi connectivity index (χ0v) is 11.0. The fourth-order valence-electron chi connectivity index (χ4n) is 1.41. The molecule has 0 saturated heterocycles. The van der Waals surface area contributed by atoms with E-state index in [0.717, 1.165) is 5.69 Å². The van der Waals surface area contributed by atoms with Crippen LogP contribution in [0.5, 0.6) is 0 Å². The largest absolute Gasteiger partial charge is 0.298 e. The predicted octanol–water partition coefficient (Wildman–Crippen LogP) is 2.18. The van der Waals surface area contributed by atoms with Crippen LogP contribution in [0.4, 0.5) is 5.13 Å². The maximum atomic E-state index is 11.9. The highest BCUT2D eigenvalue weighted by Crippen LogP contribution is 2.18. The molecule has 5 nitrogen and oxygen atoms in total. The van der Waals surface area contributed by atoms with E-state index in [1.54, 1.807) is 24.9 Å². The summed E-state index contributed by atoms with van der Waals surface area (Å²) in [4.78, 5) is 16.1. The van der Waals surface area contributed by atoms with E-state index in [1.165, 1.54) is 11.3 Å². The highest BCUT2D eigenvalue weighted by Gasteiger charge is 2.14. The average Bonchev–Trinajstić information content (AvgIpc) is 2.85. The number of hydrogen-bond acceptors (Lipinski definition) is 4. The van der Waals surface area contributed by atoms with E-state index in [2.05, 4.69) is 15.4 Å². The number of hydrogen-bond donors (Lipinski definition) is 1. The molecule has 7 heteroatoms. The van der Waals surface area contributed by atoms with Crippen LogP contribution in [-0.2, 0) is 12.9 Å². The lowest BCUT2D eigenvalue weighted by molar-refractivity contribution is 0.102. The van der Waals surface area contributed by atoms with Gasteiger partial charge in [0.25, 0.3) is 5.91 Å². The van der Waals surface area contributed by atoms with E-state index in [0.29, 0.717) is 22.3 Å². The number of carbonyl (C=O) groups excluding carboxylic acids is 1. The van der Waals surface area contributed by atoms with Crippen molar-refractivity contribution in [3.8, 4) is 0 Å². The first-order valence-corrected chi connectivity index (χ1v) is 6.33. The van der Waals surface area contributed by atoms with Crippen molar-refractivity contribution in [2.75, 3.05) is 5.32 Å². The molecule has 0 fully saturated rings. The lowest BCUT2D eigenvalue weighted by Gasteiger charge is -1.98. The number of halogens is 1. The Morgan fingerprint density at radius 3 is 2.94 bits per heavy atom. The van der Waals surface area contributed by atoms with Crippen LogP contribution in [0.25, 0.3) is 0 Å². The first-order chi connectivity index (χ1) is 8.10. The van der Waals surface area contributed by atoms with Crippen LogP contribution < -0.4 is 5.32 Å². The van der Waals surface area contributed by atoms with E-state index in [-0.39, 0.29) is 5.91 Å². The quantitative estimate of drug-likeness (QED) is 0.870. The van der Waals surface area contributed by atoms with Crippen LogP contribution in [0.2, 0.25) is 0 Å². The molecule has 0 aliphatic carbocycles. The van der Waals surface area contributed by atoms with Crippen molar-refractivity contribution < 1.29 is 4.79 Å². The van der Waals surface area contributed by atoms with Gasteiger partial charge in [-0.2, -0.15) is 5.10 Å². The first kappa shape index (κ1) is 12.1. The Bertz CT molecular complexity index is 548. The molecular weight excluding hydrogens is 260 g/mol. The van der Waals surface area contributed by atoms with Crippen LogP contribution in [0.3, 0.4) is 0 Å². The van der Waals surface area contributed by atoms with Gasteiger partial charge < -0.3 is 0 Å². The molecule has 0 saturated carbocycles. The van der Waals surface area contributed by atoms with Gasteiger partial charge in [0.05, 0.1) is 22.8 Å². The molecule has 0 aliphatic heterocycles. The summed E-state index contributed by atoms with van der Waals surface area (Å²) in [7, 11) is 1.78. The summed E-state index contributed by atoms with van der Waals surface area (Å²) in [5.74, 6) is 0.143. The maximum Gasteiger partial charge on any atom is 0.260 e.